The SMILES string of the molecule is CCCN(Cc1ccccc1N)C(=O)c1cnc(C)s1. The zero-order valence-corrected chi connectivity index (χ0v) is 12.6. The molecule has 2 N–H and O–H groups in total. The molecule has 2 rings (SSSR count). The normalized spacial score (nSPS) is 10.5. The maximum Gasteiger partial charge on any atom is 0.265 e. The van der Waals surface area contributed by atoms with Crippen molar-refractivity contribution in [1.29, 1.82) is 0 Å². The molecule has 0 saturated heterocycles. The van der Waals surface area contributed by atoms with Crippen LogP contribution in [0.3, 0.4) is 0 Å². The number of nitrogens with zero attached hydrogens (tertiary/aromatic N) is 2. The van der Waals surface area contributed by atoms with Gasteiger partial charge in [0.05, 0.1) is 11.2 Å². The van der Waals surface area contributed by atoms with E-state index in [1.807, 2.05) is 36.1 Å². The number of thiazole rings is 1. The highest BCUT2D eigenvalue weighted by atomic mass is 32.1. The van der Waals surface area contributed by atoms with Gasteiger partial charge in [0, 0.05) is 18.8 Å². The standard InChI is InChI=1S/C15H19N3OS/c1-3-8-18(10-12-6-4-5-7-13(12)16)15(19)14-9-17-11(2)20-14/h4-7,9H,3,8,10,16H2,1-2H3. The Morgan fingerprint density at radius 1 is 1.40 bits per heavy atom. The van der Waals surface area contributed by atoms with Crippen molar-refractivity contribution in [3.05, 3.63) is 45.9 Å². The molecular formula is C15H19N3OS. The molecule has 0 bridgehead atoms. The number of aromatic nitrogens is 1. The molecule has 20 heavy (non-hydrogen) atoms. The fraction of sp³-hybridized carbons (Fsp3) is 0.333. The zero-order valence-electron chi connectivity index (χ0n) is 11.8. The van der Waals surface area contributed by atoms with Crippen molar-refractivity contribution in [1.82, 2.24) is 9.88 Å². The van der Waals surface area contributed by atoms with E-state index in [9.17, 15) is 4.79 Å². The van der Waals surface area contributed by atoms with Crippen LogP contribution in [0.5, 0.6) is 0 Å². The Hall–Kier alpha value is -1.88. The van der Waals surface area contributed by atoms with E-state index in [2.05, 4.69) is 11.9 Å². The summed E-state index contributed by atoms with van der Waals surface area (Å²) in [5, 5.41) is 0.907. The molecular weight excluding hydrogens is 270 g/mol. The largest absolute Gasteiger partial charge is 0.398 e. The van der Waals surface area contributed by atoms with Crippen molar-refractivity contribution < 1.29 is 4.79 Å². The Balaban J connectivity index is 2.19. The molecule has 1 amide bonds. The summed E-state index contributed by atoms with van der Waals surface area (Å²) in [6, 6.07) is 7.67. The first-order valence-corrected chi connectivity index (χ1v) is 7.48. The van der Waals surface area contributed by atoms with E-state index < -0.39 is 0 Å². The van der Waals surface area contributed by atoms with Gasteiger partial charge in [-0.1, -0.05) is 25.1 Å². The number of carbonyl (C=O) groups is 1. The average Bonchev–Trinajstić information content (AvgIpc) is 2.86. The third-order valence-corrected chi connectivity index (χ3v) is 3.93. The van der Waals surface area contributed by atoms with Crippen molar-refractivity contribution in [2.45, 2.75) is 26.8 Å². The van der Waals surface area contributed by atoms with Crippen LogP contribution >= 0.6 is 11.3 Å². The van der Waals surface area contributed by atoms with E-state index in [1.54, 1.807) is 6.20 Å². The van der Waals surface area contributed by atoms with Crippen LogP contribution in [-0.2, 0) is 6.54 Å². The second-order valence-corrected chi connectivity index (χ2v) is 5.90. The van der Waals surface area contributed by atoms with Crippen molar-refractivity contribution in [3.8, 4) is 0 Å². The summed E-state index contributed by atoms with van der Waals surface area (Å²) in [5.74, 6) is 0.0284. The molecule has 0 aliphatic heterocycles. The molecule has 0 fully saturated rings. The minimum absolute atomic E-state index is 0.0284. The molecule has 0 radical (unpaired) electrons. The van der Waals surface area contributed by atoms with Gasteiger partial charge in [0.2, 0.25) is 0 Å². The van der Waals surface area contributed by atoms with Gasteiger partial charge < -0.3 is 10.6 Å². The zero-order chi connectivity index (χ0) is 14.5. The number of para-hydroxylation sites is 1. The fourth-order valence-electron chi connectivity index (χ4n) is 2.02. The summed E-state index contributed by atoms with van der Waals surface area (Å²) in [6.07, 6.45) is 2.57. The summed E-state index contributed by atoms with van der Waals surface area (Å²) in [6.45, 7) is 5.22. The van der Waals surface area contributed by atoms with E-state index in [4.69, 9.17) is 5.73 Å². The number of rotatable bonds is 5. The number of amides is 1. The van der Waals surface area contributed by atoms with Gasteiger partial charge in [0.15, 0.2) is 0 Å². The van der Waals surface area contributed by atoms with Gasteiger partial charge in [-0.25, -0.2) is 4.98 Å². The lowest BCUT2D eigenvalue weighted by molar-refractivity contribution is 0.0748. The van der Waals surface area contributed by atoms with Gasteiger partial charge in [-0.2, -0.15) is 0 Å². The Kier molecular flexibility index (Phi) is 4.74. The number of carbonyl (C=O) groups excluding carboxylic acids is 1. The number of nitrogen functional groups attached to an aromatic ring is 1. The molecule has 5 heteroatoms. The summed E-state index contributed by atoms with van der Waals surface area (Å²) >= 11 is 1.43. The number of anilines is 1. The highest BCUT2D eigenvalue weighted by Crippen LogP contribution is 2.18. The molecule has 4 nitrogen and oxygen atoms in total. The van der Waals surface area contributed by atoms with Gasteiger partial charge >= 0.3 is 0 Å². The van der Waals surface area contributed by atoms with Crippen LogP contribution in [0, 0.1) is 6.92 Å². The summed E-state index contributed by atoms with van der Waals surface area (Å²) in [4.78, 5) is 19.2. The van der Waals surface area contributed by atoms with Crippen LogP contribution in [0.25, 0.3) is 0 Å². The fourth-order valence-corrected chi connectivity index (χ4v) is 2.77. The van der Waals surface area contributed by atoms with Gasteiger partial charge in [-0.3, -0.25) is 4.79 Å². The van der Waals surface area contributed by atoms with E-state index in [0.29, 0.717) is 18.0 Å². The van der Waals surface area contributed by atoms with E-state index in [0.717, 1.165) is 22.7 Å². The minimum Gasteiger partial charge on any atom is -0.398 e. The van der Waals surface area contributed by atoms with Crippen molar-refractivity contribution in [2.24, 2.45) is 0 Å². The third kappa shape index (κ3) is 3.36. The van der Waals surface area contributed by atoms with Crippen LogP contribution in [0.1, 0.15) is 33.6 Å². The van der Waals surface area contributed by atoms with Crippen LogP contribution in [0.15, 0.2) is 30.5 Å². The lowest BCUT2D eigenvalue weighted by Crippen LogP contribution is -2.31. The molecule has 1 aromatic carbocycles. The van der Waals surface area contributed by atoms with E-state index in [-0.39, 0.29) is 5.91 Å². The molecule has 0 aliphatic carbocycles. The number of hydrogen-bond acceptors (Lipinski definition) is 4. The first-order chi connectivity index (χ1) is 9.61. The second kappa shape index (κ2) is 6.52. The summed E-state index contributed by atoms with van der Waals surface area (Å²) < 4.78 is 0. The van der Waals surface area contributed by atoms with Gasteiger partial charge in [0.25, 0.3) is 5.91 Å². The van der Waals surface area contributed by atoms with Crippen LogP contribution < -0.4 is 5.73 Å². The van der Waals surface area contributed by atoms with Crippen LogP contribution in [-0.4, -0.2) is 22.3 Å². The minimum atomic E-state index is 0.0284. The lowest BCUT2D eigenvalue weighted by Gasteiger charge is -2.22. The monoisotopic (exact) mass is 289 g/mol. The predicted molar refractivity (Wildman–Crippen MR) is 82.7 cm³/mol. The molecule has 0 aliphatic rings. The smallest absolute Gasteiger partial charge is 0.265 e. The second-order valence-electron chi connectivity index (χ2n) is 4.67. The van der Waals surface area contributed by atoms with Gasteiger partial charge in [0.1, 0.15) is 4.88 Å². The molecule has 1 heterocycles. The van der Waals surface area contributed by atoms with E-state index >= 15 is 0 Å². The maximum absolute atomic E-state index is 12.5. The Bertz CT molecular complexity index is 594. The molecule has 0 saturated carbocycles. The number of benzene rings is 1. The lowest BCUT2D eigenvalue weighted by atomic mass is 10.1. The molecule has 106 valence electrons. The molecule has 0 spiro atoms. The molecule has 0 unspecified atom stereocenters. The summed E-state index contributed by atoms with van der Waals surface area (Å²) in [5.41, 5.74) is 7.67. The van der Waals surface area contributed by atoms with E-state index in [1.165, 1.54) is 11.3 Å². The number of aryl methyl sites for hydroxylation is 1. The first-order valence-electron chi connectivity index (χ1n) is 6.67. The molecule has 2 aromatic rings. The maximum atomic E-state index is 12.5. The first kappa shape index (κ1) is 14.5. The molecule has 1 aromatic heterocycles. The Morgan fingerprint density at radius 3 is 2.75 bits per heavy atom. The van der Waals surface area contributed by atoms with Crippen LogP contribution in [0.2, 0.25) is 0 Å². The van der Waals surface area contributed by atoms with Crippen LogP contribution in [0.4, 0.5) is 5.69 Å². The Morgan fingerprint density at radius 2 is 2.15 bits per heavy atom. The predicted octanol–water partition coefficient (Wildman–Crippen LogP) is 3.09. The van der Waals surface area contributed by atoms with Gasteiger partial charge in [-0.15, -0.1) is 11.3 Å². The third-order valence-electron chi connectivity index (χ3n) is 3.03. The van der Waals surface area contributed by atoms with Crippen molar-refractivity contribution in [2.75, 3.05) is 12.3 Å². The molecule has 0 atom stereocenters. The average molecular weight is 289 g/mol. The number of nitrogens with two attached hydrogens (primary N) is 1. The topological polar surface area (TPSA) is 59.2 Å². The quantitative estimate of drug-likeness (QED) is 0.860. The van der Waals surface area contributed by atoms with Crippen molar-refractivity contribution in [3.63, 3.8) is 0 Å². The van der Waals surface area contributed by atoms with Gasteiger partial charge in [-0.05, 0) is 25.0 Å². The van der Waals surface area contributed by atoms with Crippen molar-refractivity contribution >= 4 is 22.9 Å². The summed E-state index contributed by atoms with van der Waals surface area (Å²) in [7, 11) is 0. The number of hydrogen-bond donors (Lipinski definition) is 1. The highest BCUT2D eigenvalue weighted by Gasteiger charge is 2.18. The Labute approximate surface area is 123 Å². The highest BCUT2D eigenvalue weighted by molar-refractivity contribution is 7.13.